The largest absolute Gasteiger partial charge is 0.385 e. The molecular weight excluding hydrogens is 236 g/mol. The van der Waals surface area contributed by atoms with Gasteiger partial charge in [-0.1, -0.05) is 6.07 Å². The number of fused-ring (bicyclic) bond motifs is 1. The minimum atomic E-state index is 0.605. The molecule has 2 rings (SSSR count). The van der Waals surface area contributed by atoms with Crippen molar-refractivity contribution >= 4 is 10.9 Å². The molecule has 104 valence electrons. The van der Waals surface area contributed by atoms with Crippen LogP contribution in [-0.4, -0.2) is 18.3 Å². The number of hydrogen-bond acceptors (Lipinski definition) is 2. The second-order valence-electron chi connectivity index (χ2n) is 5.12. The van der Waals surface area contributed by atoms with Crippen LogP contribution in [0.3, 0.4) is 0 Å². The van der Waals surface area contributed by atoms with E-state index in [1.807, 2.05) is 0 Å². The molecule has 0 amide bonds. The molecule has 0 spiro atoms. The first-order valence-electron chi connectivity index (χ1n) is 6.96. The van der Waals surface area contributed by atoms with Crippen LogP contribution in [0.4, 0.5) is 0 Å². The first-order valence-corrected chi connectivity index (χ1v) is 6.96. The smallest absolute Gasteiger partial charge is 0.0485 e. The van der Waals surface area contributed by atoms with Crippen molar-refractivity contribution in [1.29, 1.82) is 0 Å². The van der Waals surface area contributed by atoms with Crippen molar-refractivity contribution in [2.45, 2.75) is 39.8 Å². The zero-order chi connectivity index (χ0) is 13.8. The third-order valence-electron chi connectivity index (χ3n) is 3.92. The SMILES string of the molecule is COCCCCn1c(C)c(C)c2cc(CN)ccc21. The number of methoxy groups -OCH3 is 1. The monoisotopic (exact) mass is 260 g/mol. The molecule has 3 heteroatoms. The quantitative estimate of drug-likeness (QED) is 0.811. The van der Waals surface area contributed by atoms with E-state index in [9.17, 15) is 0 Å². The molecule has 0 saturated carbocycles. The number of nitrogens with zero attached hydrogens (tertiary/aromatic N) is 1. The van der Waals surface area contributed by atoms with Gasteiger partial charge in [0.2, 0.25) is 0 Å². The van der Waals surface area contributed by atoms with Gasteiger partial charge >= 0.3 is 0 Å². The van der Waals surface area contributed by atoms with Gasteiger partial charge in [-0.25, -0.2) is 0 Å². The molecule has 0 aliphatic heterocycles. The predicted molar refractivity (Wildman–Crippen MR) is 80.4 cm³/mol. The van der Waals surface area contributed by atoms with Gasteiger partial charge in [-0.15, -0.1) is 0 Å². The van der Waals surface area contributed by atoms with E-state index in [4.69, 9.17) is 10.5 Å². The third-order valence-corrected chi connectivity index (χ3v) is 3.92. The van der Waals surface area contributed by atoms with Crippen LogP contribution in [0.25, 0.3) is 10.9 Å². The molecule has 0 radical (unpaired) electrons. The molecule has 0 aliphatic rings. The zero-order valence-corrected chi connectivity index (χ0v) is 12.2. The highest BCUT2D eigenvalue weighted by Gasteiger charge is 2.10. The van der Waals surface area contributed by atoms with Crippen LogP contribution < -0.4 is 5.73 Å². The van der Waals surface area contributed by atoms with Gasteiger partial charge < -0.3 is 15.0 Å². The summed E-state index contributed by atoms with van der Waals surface area (Å²) >= 11 is 0. The summed E-state index contributed by atoms with van der Waals surface area (Å²) in [5, 5.41) is 1.34. The summed E-state index contributed by atoms with van der Waals surface area (Å²) in [4.78, 5) is 0. The van der Waals surface area contributed by atoms with Gasteiger partial charge in [0.15, 0.2) is 0 Å². The van der Waals surface area contributed by atoms with Crippen LogP contribution in [0.15, 0.2) is 18.2 Å². The predicted octanol–water partition coefficient (Wildman–Crippen LogP) is 3.14. The lowest BCUT2D eigenvalue weighted by molar-refractivity contribution is 0.191. The normalized spacial score (nSPS) is 11.4. The molecule has 0 atom stereocenters. The van der Waals surface area contributed by atoms with Gasteiger partial charge in [-0.3, -0.25) is 0 Å². The molecule has 1 heterocycles. The van der Waals surface area contributed by atoms with Crippen LogP contribution in [0.5, 0.6) is 0 Å². The number of rotatable bonds is 6. The molecule has 0 aliphatic carbocycles. The minimum Gasteiger partial charge on any atom is -0.385 e. The highest BCUT2D eigenvalue weighted by molar-refractivity contribution is 5.86. The Kier molecular flexibility index (Phi) is 4.61. The number of aryl methyl sites for hydroxylation is 2. The minimum absolute atomic E-state index is 0.605. The Hall–Kier alpha value is -1.32. The van der Waals surface area contributed by atoms with Gasteiger partial charge in [-0.05, 0) is 49.9 Å². The molecular formula is C16H24N2O. The Morgan fingerprint density at radius 3 is 2.68 bits per heavy atom. The van der Waals surface area contributed by atoms with Gasteiger partial charge in [0.25, 0.3) is 0 Å². The lowest BCUT2D eigenvalue weighted by Gasteiger charge is -2.08. The van der Waals surface area contributed by atoms with Crippen molar-refractivity contribution in [3.05, 3.63) is 35.0 Å². The Morgan fingerprint density at radius 1 is 1.21 bits per heavy atom. The molecule has 2 N–H and O–H groups in total. The molecule has 0 fully saturated rings. The van der Waals surface area contributed by atoms with Gasteiger partial charge in [0.1, 0.15) is 0 Å². The maximum atomic E-state index is 5.73. The first-order chi connectivity index (χ1) is 9.19. The molecule has 0 bridgehead atoms. The maximum Gasteiger partial charge on any atom is 0.0485 e. The molecule has 3 nitrogen and oxygen atoms in total. The van der Waals surface area contributed by atoms with E-state index in [0.717, 1.165) is 26.0 Å². The fourth-order valence-electron chi connectivity index (χ4n) is 2.63. The molecule has 0 saturated heterocycles. The van der Waals surface area contributed by atoms with Crippen molar-refractivity contribution < 1.29 is 4.74 Å². The molecule has 2 aromatic rings. The number of ether oxygens (including phenoxy) is 1. The number of benzene rings is 1. The lowest BCUT2D eigenvalue weighted by Crippen LogP contribution is -2.02. The summed E-state index contributed by atoms with van der Waals surface area (Å²) < 4.78 is 7.53. The summed E-state index contributed by atoms with van der Waals surface area (Å²) in [6, 6.07) is 6.56. The summed E-state index contributed by atoms with van der Waals surface area (Å²) in [6.07, 6.45) is 2.26. The van der Waals surface area contributed by atoms with Crippen molar-refractivity contribution in [3.8, 4) is 0 Å². The molecule has 19 heavy (non-hydrogen) atoms. The fraction of sp³-hybridized carbons (Fsp3) is 0.500. The van der Waals surface area contributed by atoms with E-state index in [2.05, 4.69) is 36.6 Å². The van der Waals surface area contributed by atoms with E-state index in [1.165, 1.54) is 27.7 Å². The van der Waals surface area contributed by atoms with Gasteiger partial charge in [-0.2, -0.15) is 0 Å². The van der Waals surface area contributed by atoms with Crippen LogP contribution in [0, 0.1) is 13.8 Å². The van der Waals surface area contributed by atoms with Gasteiger partial charge in [0, 0.05) is 43.4 Å². The second-order valence-corrected chi connectivity index (χ2v) is 5.12. The fourth-order valence-corrected chi connectivity index (χ4v) is 2.63. The number of unbranched alkanes of at least 4 members (excludes halogenated alkanes) is 1. The standard InChI is InChI=1S/C16H24N2O/c1-12-13(2)18(8-4-5-9-19-3)16-7-6-14(11-17)10-15(12)16/h6-7,10H,4-5,8-9,11,17H2,1-3H3. The van der Waals surface area contributed by atoms with Crippen molar-refractivity contribution in [2.75, 3.05) is 13.7 Å². The molecule has 0 unspecified atom stereocenters. The summed E-state index contributed by atoms with van der Waals surface area (Å²) in [5.41, 5.74) is 11.0. The van der Waals surface area contributed by atoms with Crippen LogP contribution in [0.2, 0.25) is 0 Å². The summed E-state index contributed by atoms with van der Waals surface area (Å²) in [5.74, 6) is 0. The number of nitrogens with two attached hydrogens (primary N) is 1. The number of hydrogen-bond donors (Lipinski definition) is 1. The summed E-state index contributed by atoms with van der Waals surface area (Å²) in [6.45, 7) is 6.90. The van der Waals surface area contributed by atoms with Crippen molar-refractivity contribution in [2.24, 2.45) is 5.73 Å². The highest BCUT2D eigenvalue weighted by atomic mass is 16.5. The van der Waals surface area contributed by atoms with E-state index in [0.29, 0.717) is 6.54 Å². The Balaban J connectivity index is 2.30. The average molecular weight is 260 g/mol. The van der Waals surface area contributed by atoms with E-state index in [1.54, 1.807) is 7.11 Å². The Morgan fingerprint density at radius 2 is 2.00 bits per heavy atom. The second kappa shape index (κ2) is 6.22. The Bertz CT molecular complexity index is 557. The molecule has 1 aromatic heterocycles. The van der Waals surface area contributed by atoms with Gasteiger partial charge in [0.05, 0.1) is 0 Å². The third kappa shape index (κ3) is 2.82. The number of aromatic nitrogens is 1. The lowest BCUT2D eigenvalue weighted by atomic mass is 10.1. The zero-order valence-electron chi connectivity index (χ0n) is 12.2. The van der Waals surface area contributed by atoms with Crippen molar-refractivity contribution in [1.82, 2.24) is 4.57 Å². The Labute approximate surface area is 115 Å². The van der Waals surface area contributed by atoms with Crippen LogP contribution in [0.1, 0.15) is 29.7 Å². The first kappa shape index (κ1) is 14.1. The molecule has 1 aromatic carbocycles. The van der Waals surface area contributed by atoms with Crippen molar-refractivity contribution in [3.63, 3.8) is 0 Å². The van der Waals surface area contributed by atoms with E-state index in [-0.39, 0.29) is 0 Å². The van der Waals surface area contributed by atoms with Crippen LogP contribution in [-0.2, 0) is 17.8 Å². The highest BCUT2D eigenvalue weighted by Crippen LogP contribution is 2.26. The van der Waals surface area contributed by atoms with Crippen LogP contribution >= 0.6 is 0 Å². The van der Waals surface area contributed by atoms with E-state index < -0.39 is 0 Å². The van der Waals surface area contributed by atoms with E-state index >= 15 is 0 Å². The topological polar surface area (TPSA) is 40.2 Å². The summed E-state index contributed by atoms with van der Waals surface area (Å²) in [7, 11) is 1.76. The maximum absolute atomic E-state index is 5.73. The average Bonchev–Trinajstić information content (AvgIpc) is 2.67.